The number of pyridine rings is 1. The largest absolute Gasteiger partial charge is 0.487 e. The van der Waals surface area contributed by atoms with Crippen LogP contribution in [0.25, 0.3) is 5.65 Å². The van der Waals surface area contributed by atoms with Gasteiger partial charge in [0.2, 0.25) is 0 Å². The summed E-state index contributed by atoms with van der Waals surface area (Å²) in [6.45, 7) is 3.28. The molecule has 7 nitrogen and oxygen atoms in total. The summed E-state index contributed by atoms with van der Waals surface area (Å²) in [4.78, 5) is 19.0. The summed E-state index contributed by atoms with van der Waals surface area (Å²) in [6.07, 6.45) is 3.66. The van der Waals surface area contributed by atoms with E-state index in [0.717, 1.165) is 5.56 Å². The van der Waals surface area contributed by atoms with Gasteiger partial charge in [-0.3, -0.25) is 4.79 Å². The lowest BCUT2D eigenvalue weighted by atomic mass is 9.78. The molecule has 2 aliphatic rings. The Balaban J connectivity index is 1.29. The number of halogens is 1. The molecule has 1 saturated carbocycles. The highest BCUT2D eigenvalue weighted by Crippen LogP contribution is 2.39. The number of rotatable bonds is 3. The molecule has 5 rings (SSSR count). The number of aliphatic hydroxyl groups excluding tert-OH is 1. The van der Waals surface area contributed by atoms with Gasteiger partial charge in [-0.2, -0.15) is 5.10 Å². The van der Waals surface area contributed by atoms with Crippen LogP contribution in [0.2, 0.25) is 5.02 Å². The average Bonchev–Trinajstić information content (AvgIpc) is 3.36. The number of aromatic nitrogens is 3. The van der Waals surface area contributed by atoms with Crippen LogP contribution in [-0.4, -0.2) is 55.8 Å². The number of fused-ring (bicyclic) bond motifs is 2. The van der Waals surface area contributed by atoms with Crippen molar-refractivity contribution in [2.24, 2.45) is 11.8 Å². The van der Waals surface area contributed by atoms with E-state index in [4.69, 9.17) is 16.3 Å². The summed E-state index contributed by atoms with van der Waals surface area (Å²) in [5, 5.41) is 15.4. The summed E-state index contributed by atoms with van der Waals surface area (Å²) in [5.41, 5.74) is 2.29. The van der Waals surface area contributed by atoms with E-state index in [9.17, 15) is 9.90 Å². The zero-order chi connectivity index (χ0) is 20.8. The third-order valence-corrected chi connectivity index (χ3v) is 6.56. The monoisotopic (exact) mass is 426 g/mol. The number of aryl methyl sites for hydroxylation is 1. The van der Waals surface area contributed by atoms with E-state index >= 15 is 0 Å². The Morgan fingerprint density at radius 3 is 2.83 bits per heavy atom. The zero-order valence-corrected chi connectivity index (χ0v) is 17.4. The van der Waals surface area contributed by atoms with Gasteiger partial charge < -0.3 is 14.7 Å². The van der Waals surface area contributed by atoms with Gasteiger partial charge >= 0.3 is 0 Å². The van der Waals surface area contributed by atoms with E-state index in [1.165, 1.54) is 6.33 Å². The molecule has 156 valence electrons. The minimum absolute atomic E-state index is 0.0144. The van der Waals surface area contributed by atoms with Crippen LogP contribution >= 0.6 is 11.6 Å². The molecule has 2 aromatic heterocycles. The van der Waals surface area contributed by atoms with Gasteiger partial charge in [0.25, 0.3) is 5.91 Å². The van der Waals surface area contributed by atoms with E-state index in [-0.39, 0.29) is 17.9 Å². The van der Waals surface area contributed by atoms with E-state index in [1.54, 1.807) is 28.9 Å². The number of ether oxygens (including phenoxy) is 1. The van der Waals surface area contributed by atoms with Crippen molar-refractivity contribution in [3.63, 3.8) is 0 Å². The second-order valence-electron chi connectivity index (χ2n) is 8.32. The molecule has 0 radical (unpaired) electrons. The molecule has 30 heavy (non-hydrogen) atoms. The van der Waals surface area contributed by atoms with Crippen LogP contribution in [0.15, 0.2) is 42.9 Å². The van der Waals surface area contributed by atoms with Crippen molar-refractivity contribution in [3.05, 3.63) is 59.0 Å². The second-order valence-corrected chi connectivity index (χ2v) is 8.75. The fourth-order valence-corrected chi connectivity index (χ4v) is 4.83. The molecular formula is C22H23ClN4O3. The highest BCUT2D eigenvalue weighted by Gasteiger charge is 2.44. The fraction of sp³-hybridized carbons (Fsp3) is 0.409. The molecule has 0 unspecified atom stereocenters. The van der Waals surface area contributed by atoms with Crippen molar-refractivity contribution in [2.75, 3.05) is 13.1 Å². The summed E-state index contributed by atoms with van der Waals surface area (Å²) >= 11 is 6.10. The van der Waals surface area contributed by atoms with Crippen molar-refractivity contribution >= 4 is 23.2 Å². The fourth-order valence-electron chi connectivity index (χ4n) is 4.67. The summed E-state index contributed by atoms with van der Waals surface area (Å²) < 4.78 is 7.76. The van der Waals surface area contributed by atoms with Crippen molar-refractivity contribution in [1.82, 2.24) is 19.5 Å². The van der Waals surface area contributed by atoms with Crippen molar-refractivity contribution in [3.8, 4) is 5.75 Å². The maximum Gasteiger partial charge on any atom is 0.255 e. The van der Waals surface area contributed by atoms with Gasteiger partial charge in [-0.25, -0.2) is 9.50 Å². The molecular weight excluding hydrogens is 404 g/mol. The SMILES string of the molecule is Cc1ccc(Cl)cc1O[C@@H]1C[C@@H]2CN(C(=O)c3ccc4ncnn4c3)C[C@@H]2C[C@H]1O. The van der Waals surface area contributed by atoms with Gasteiger partial charge in [0, 0.05) is 24.3 Å². The van der Waals surface area contributed by atoms with Crippen LogP contribution in [0, 0.1) is 18.8 Å². The first-order valence-electron chi connectivity index (χ1n) is 10.2. The van der Waals surface area contributed by atoms with Crippen LogP contribution in [0.1, 0.15) is 28.8 Å². The van der Waals surface area contributed by atoms with Gasteiger partial charge in [0.15, 0.2) is 5.65 Å². The molecule has 1 aliphatic heterocycles. The zero-order valence-electron chi connectivity index (χ0n) is 16.6. The molecule has 0 spiro atoms. The van der Waals surface area contributed by atoms with Crippen molar-refractivity contribution < 1.29 is 14.6 Å². The van der Waals surface area contributed by atoms with Gasteiger partial charge in [0.05, 0.1) is 11.7 Å². The van der Waals surface area contributed by atoms with Crippen LogP contribution in [0.4, 0.5) is 0 Å². The van der Waals surface area contributed by atoms with Crippen LogP contribution in [-0.2, 0) is 0 Å². The molecule has 2 fully saturated rings. The number of carbonyl (C=O) groups excluding carboxylic acids is 1. The van der Waals surface area contributed by atoms with Gasteiger partial charge in [0.1, 0.15) is 18.2 Å². The maximum absolute atomic E-state index is 13.0. The highest BCUT2D eigenvalue weighted by atomic mass is 35.5. The lowest BCUT2D eigenvalue weighted by Crippen LogP contribution is -2.42. The standard InChI is InChI=1S/C22H23ClN4O3/c1-13-2-4-17(23)8-19(13)30-20-7-16-10-26(9-15(16)6-18(20)28)22(29)14-3-5-21-24-12-25-27(21)11-14/h2-5,8,11-12,15-16,18,20,28H,6-7,9-10H2,1H3/t15-,16+,18+,20+/m0/s1. The number of likely N-dealkylation sites (tertiary alicyclic amines) is 1. The smallest absolute Gasteiger partial charge is 0.255 e. The van der Waals surface area contributed by atoms with Crippen LogP contribution < -0.4 is 4.74 Å². The Bertz CT molecular complexity index is 1100. The topological polar surface area (TPSA) is 80.0 Å². The van der Waals surface area contributed by atoms with Crippen LogP contribution in [0.3, 0.4) is 0 Å². The highest BCUT2D eigenvalue weighted by molar-refractivity contribution is 6.30. The van der Waals surface area contributed by atoms with E-state index in [2.05, 4.69) is 10.1 Å². The molecule has 1 aliphatic carbocycles. The summed E-state index contributed by atoms with van der Waals surface area (Å²) in [6, 6.07) is 9.12. The molecule has 0 bridgehead atoms. The number of hydrogen-bond donors (Lipinski definition) is 1. The Labute approximate surface area is 179 Å². The van der Waals surface area contributed by atoms with E-state index < -0.39 is 6.10 Å². The molecule has 1 saturated heterocycles. The van der Waals surface area contributed by atoms with Crippen molar-refractivity contribution in [1.29, 1.82) is 0 Å². The third kappa shape index (κ3) is 3.52. The predicted octanol–water partition coefficient (Wildman–Crippen LogP) is 2.98. The predicted molar refractivity (Wildman–Crippen MR) is 112 cm³/mol. The van der Waals surface area contributed by atoms with Crippen molar-refractivity contribution in [2.45, 2.75) is 32.0 Å². The maximum atomic E-state index is 13.0. The molecule has 1 N–H and O–H groups in total. The normalized spacial score (nSPS) is 26.0. The Morgan fingerprint density at radius 1 is 1.20 bits per heavy atom. The van der Waals surface area contributed by atoms with Gasteiger partial charge in [-0.1, -0.05) is 17.7 Å². The number of benzene rings is 1. The molecule has 1 amide bonds. The average molecular weight is 427 g/mol. The third-order valence-electron chi connectivity index (χ3n) is 6.32. The Hall–Kier alpha value is -2.64. The van der Waals surface area contributed by atoms with Crippen LogP contribution in [0.5, 0.6) is 5.75 Å². The number of carbonyl (C=O) groups is 1. The second kappa shape index (κ2) is 7.56. The Kier molecular flexibility index (Phi) is 4.87. The molecule has 3 heterocycles. The summed E-state index contributed by atoms with van der Waals surface area (Å²) in [7, 11) is 0. The Morgan fingerprint density at radius 2 is 2.00 bits per heavy atom. The first kappa shape index (κ1) is 19.3. The summed E-state index contributed by atoms with van der Waals surface area (Å²) in [5.74, 6) is 1.27. The minimum Gasteiger partial charge on any atom is -0.487 e. The minimum atomic E-state index is -0.564. The van der Waals surface area contributed by atoms with Gasteiger partial charge in [-0.05, 0) is 61.4 Å². The molecule has 1 aromatic carbocycles. The quantitative estimate of drug-likeness (QED) is 0.696. The number of aliphatic hydroxyl groups is 1. The lowest BCUT2D eigenvalue weighted by Gasteiger charge is -2.35. The molecule has 3 aromatic rings. The first-order valence-corrected chi connectivity index (χ1v) is 10.6. The lowest BCUT2D eigenvalue weighted by molar-refractivity contribution is -0.0234. The van der Waals surface area contributed by atoms with E-state index in [0.29, 0.717) is 53.8 Å². The molecule has 4 atom stereocenters. The molecule has 8 heteroatoms. The van der Waals surface area contributed by atoms with Gasteiger partial charge in [-0.15, -0.1) is 0 Å². The van der Waals surface area contributed by atoms with E-state index in [1.807, 2.05) is 24.0 Å². The number of amides is 1. The number of nitrogens with zero attached hydrogens (tertiary/aromatic N) is 4. The first-order chi connectivity index (χ1) is 14.5. The number of hydrogen-bond acceptors (Lipinski definition) is 5.